The van der Waals surface area contributed by atoms with Gasteiger partial charge in [-0.05, 0) is 36.4 Å². The third kappa shape index (κ3) is 4.54. The molecule has 0 unspecified atom stereocenters. The third-order valence-corrected chi connectivity index (χ3v) is 6.05. The number of pyridine rings is 1. The minimum atomic E-state index is -4.48. The Morgan fingerprint density at radius 3 is 2.45 bits per heavy atom. The van der Waals surface area contributed by atoms with Gasteiger partial charge in [0.1, 0.15) is 0 Å². The number of nitrogens with zero attached hydrogens (tertiary/aromatic N) is 2. The zero-order valence-electron chi connectivity index (χ0n) is 15.1. The van der Waals surface area contributed by atoms with E-state index in [1.165, 1.54) is 25.5 Å². The van der Waals surface area contributed by atoms with Crippen molar-refractivity contribution in [3.63, 3.8) is 0 Å². The van der Waals surface area contributed by atoms with Crippen molar-refractivity contribution in [3.8, 4) is 0 Å². The lowest BCUT2D eigenvalue weighted by Crippen LogP contribution is -2.35. The van der Waals surface area contributed by atoms with Gasteiger partial charge in [0, 0.05) is 35.9 Å². The predicted molar refractivity (Wildman–Crippen MR) is 102 cm³/mol. The molecule has 0 aliphatic rings. The summed E-state index contributed by atoms with van der Waals surface area (Å²) < 4.78 is 64.4. The van der Waals surface area contributed by atoms with Gasteiger partial charge in [0.2, 0.25) is 15.9 Å². The Morgan fingerprint density at radius 1 is 1.10 bits per heavy atom. The standard InChI is InChI=1S/C19H16F3N3O3S/c1-25(12-18(26)24-15-7-5-14(6-8-15)19(20,21)22)29(27,28)17-4-2-3-13-11-23-10-9-16(13)17/h2-11H,12H2,1H3,(H,24,26). The van der Waals surface area contributed by atoms with Crippen molar-refractivity contribution < 1.29 is 26.4 Å². The number of likely N-dealkylation sites (N-methyl/N-ethyl adjacent to an activating group) is 1. The number of benzene rings is 2. The molecule has 3 aromatic rings. The summed E-state index contributed by atoms with van der Waals surface area (Å²) in [6.07, 6.45) is -1.48. The Balaban J connectivity index is 1.75. The normalized spacial score (nSPS) is 12.3. The molecule has 0 radical (unpaired) electrons. The Labute approximate surface area is 165 Å². The monoisotopic (exact) mass is 423 g/mol. The van der Waals surface area contributed by atoms with Crippen LogP contribution in [0.2, 0.25) is 0 Å². The minimum Gasteiger partial charge on any atom is -0.325 e. The molecule has 3 rings (SSSR count). The summed E-state index contributed by atoms with van der Waals surface area (Å²) in [4.78, 5) is 16.2. The zero-order chi connectivity index (χ0) is 21.2. The second kappa shape index (κ2) is 7.80. The highest BCUT2D eigenvalue weighted by molar-refractivity contribution is 7.89. The average Bonchev–Trinajstić information content (AvgIpc) is 2.67. The van der Waals surface area contributed by atoms with E-state index in [9.17, 15) is 26.4 Å². The molecule has 0 bridgehead atoms. The summed E-state index contributed by atoms with van der Waals surface area (Å²) in [6, 6.07) is 10.2. The van der Waals surface area contributed by atoms with Gasteiger partial charge < -0.3 is 5.32 Å². The number of halogens is 3. The molecule has 152 valence electrons. The first kappa shape index (κ1) is 20.7. The topological polar surface area (TPSA) is 79.4 Å². The molecule has 29 heavy (non-hydrogen) atoms. The van der Waals surface area contributed by atoms with Crippen molar-refractivity contribution in [2.45, 2.75) is 11.1 Å². The van der Waals surface area contributed by atoms with Gasteiger partial charge in [-0.3, -0.25) is 9.78 Å². The summed E-state index contributed by atoms with van der Waals surface area (Å²) in [7, 11) is -2.73. The molecule has 1 aromatic heterocycles. The largest absolute Gasteiger partial charge is 0.416 e. The molecule has 10 heteroatoms. The van der Waals surface area contributed by atoms with E-state index >= 15 is 0 Å². The maximum absolute atomic E-state index is 12.9. The van der Waals surface area contributed by atoms with Crippen LogP contribution in [0.25, 0.3) is 10.8 Å². The number of rotatable bonds is 5. The van der Waals surface area contributed by atoms with E-state index in [4.69, 9.17) is 0 Å². The molecule has 0 spiro atoms. The molecule has 6 nitrogen and oxygen atoms in total. The smallest absolute Gasteiger partial charge is 0.325 e. The fourth-order valence-electron chi connectivity index (χ4n) is 2.72. The van der Waals surface area contributed by atoms with E-state index in [-0.39, 0.29) is 10.6 Å². The second-order valence-corrected chi connectivity index (χ2v) is 8.25. The number of amides is 1. The van der Waals surface area contributed by atoms with Crippen LogP contribution in [0, 0.1) is 0 Å². The molecule has 1 heterocycles. The molecule has 2 aromatic carbocycles. The van der Waals surface area contributed by atoms with Crippen molar-refractivity contribution in [2.75, 3.05) is 18.9 Å². The van der Waals surface area contributed by atoms with E-state index in [1.807, 2.05) is 0 Å². The molecule has 1 amide bonds. The summed E-state index contributed by atoms with van der Waals surface area (Å²) >= 11 is 0. The van der Waals surface area contributed by atoms with E-state index < -0.39 is 34.2 Å². The Kier molecular flexibility index (Phi) is 5.58. The van der Waals surface area contributed by atoms with E-state index in [1.54, 1.807) is 18.2 Å². The van der Waals surface area contributed by atoms with Crippen molar-refractivity contribution in [1.29, 1.82) is 0 Å². The van der Waals surface area contributed by atoms with E-state index in [2.05, 4.69) is 10.3 Å². The molecule has 0 aliphatic heterocycles. The number of hydrogen-bond donors (Lipinski definition) is 1. The van der Waals surface area contributed by atoms with Crippen LogP contribution >= 0.6 is 0 Å². The van der Waals surface area contributed by atoms with Crippen molar-refractivity contribution in [3.05, 3.63) is 66.5 Å². The highest BCUT2D eigenvalue weighted by Gasteiger charge is 2.30. The van der Waals surface area contributed by atoms with Gasteiger partial charge in [0.15, 0.2) is 0 Å². The maximum atomic E-state index is 12.9. The summed E-state index contributed by atoms with van der Waals surface area (Å²) in [5.74, 6) is -0.683. The number of carbonyl (C=O) groups excluding carboxylic acids is 1. The van der Waals surface area contributed by atoms with Crippen LogP contribution in [0.4, 0.5) is 18.9 Å². The van der Waals surface area contributed by atoms with Gasteiger partial charge >= 0.3 is 6.18 Å². The van der Waals surface area contributed by atoms with Gasteiger partial charge in [-0.1, -0.05) is 12.1 Å². The highest BCUT2D eigenvalue weighted by atomic mass is 32.2. The van der Waals surface area contributed by atoms with Gasteiger partial charge in [-0.25, -0.2) is 8.42 Å². The van der Waals surface area contributed by atoms with Gasteiger partial charge in [-0.2, -0.15) is 17.5 Å². The Bertz CT molecular complexity index is 1140. The molecular weight excluding hydrogens is 407 g/mol. The lowest BCUT2D eigenvalue weighted by atomic mass is 10.2. The number of alkyl halides is 3. The first-order chi connectivity index (χ1) is 13.6. The first-order valence-electron chi connectivity index (χ1n) is 8.35. The van der Waals surface area contributed by atoms with Crippen LogP contribution in [0.1, 0.15) is 5.56 Å². The van der Waals surface area contributed by atoms with Crippen LogP contribution in [0.15, 0.2) is 65.8 Å². The van der Waals surface area contributed by atoms with Gasteiger partial charge in [0.25, 0.3) is 0 Å². The first-order valence-corrected chi connectivity index (χ1v) is 9.79. The SMILES string of the molecule is CN(CC(=O)Nc1ccc(C(F)(F)F)cc1)S(=O)(=O)c1cccc2cnccc12. The van der Waals surface area contributed by atoms with Crippen LogP contribution in [-0.2, 0) is 21.0 Å². The quantitative estimate of drug-likeness (QED) is 0.681. The molecule has 0 fully saturated rings. The third-order valence-electron chi connectivity index (χ3n) is 4.19. The molecule has 0 saturated carbocycles. The predicted octanol–water partition coefficient (Wildman–Crippen LogP) is 3.51. The highest BCUT2D eigenvalue weighted by Crippen LogP contribution is 2.30. The Morgan fingerprint density at radius 2 is 1.79 bits per heavy atom. The lowest BCUT2D eigenvalue weighted by Gasteiger charge is -2.18. The number of nitrogens with one attached hydrogen (secondary N) is 1. The summed E-state index contributed by atoms with van der Waals surface area (Å²) in [5.41, 5.74) is -0.717. The summed E-state index contributed by atoms with van der Waals surface area (Å²) in [5, 5.41) is 3.50. The number of aromatic nitrogens is 1. The van der Waals surface area contributed by atoms with E-state index in [0.29, 0.717) is 10.8 Å². The number of carbonyl (C=O) groups is 1. The number of sulfonamides is 1. The molecule has 0 aliphatic carbocycles. The lowest BCUT2D eigenvalue weighted by molar-refractivity contribution is -0.137. The van der Waals surface area contributed by atoms with E-state index in [0.717, 1.165) is 28.6 Å². The molecule has 1 N–H and O–H groups in total. The number of anilines is 1. The van der Waals surface area contributed by atoms with Crippen molar-refractivity contribution >= 4 is 32.4 Å². The van der Waals surface area contributed by atoms with Crippen molar-refractivity contribution in [1.82, 2.24) is 9.29 Å². The number of fused-ring (bicyclic) bond motifs is 1. The maximum Gasteiger partial charge on any atom is 0.416 e. The Hall–Kier alpha value is -2.98. The van der Waals surface area contributed by atoms with Crippen LogP contribution in [0.5, 0.6) is 0 Å². The van der Waals surface area contributed by atoms with Gasteiger partial charge in [-0.15, -0.1) is 0 Å². The fourth-order valence-corrected chi connectivity index (χ4v) is 4.05. The average molecular weight is 423 g/mol. The van der Waals surface area contributed by atoms with Gasteiger partial charge in [0.05, 0.1) is 17.0 Å². The van der Waals surface area contributed by atoms with Crippen LogP contribution < -0.4 is 5.32 Å². The van der Waals surface area contributed by atoms with Crippen molar-refractivity contribution in [2.24, 2.45) is 0 Å². The molecule has 0 saturated heterocycles. The minimum absolute atomic E-state index is 0.0298. The second-order valence-electron chi connectivity index (χ2n) is 6.24. The zero-order valence-corrected chi connectivity index (χ0v) is 16.0. The molecule has 0 atom stereocenters. The van der Waals surface area contributed by atoms with Crippen LogP contribution in [0.3, 0.4) is 0 Å². The molecular formula is C19H16F3N3O3S. The fraction of sp³-hybridized carbons (Fsp3) is 0.158. The van der Waals surface area contributed by atoms with Crippen LogP contribution in [-0.4, -0.2) is 37.2 Å². The summed E-state index contributed by atoms with van der Waals surface area (Å²) in [6.45, 7) is -0.509. The number of hydrogen-bond acceptors (Lipinski definition) is 4.